The molecule has 1 heterocycles. The number of aromatic nitrogens is 1. The van der Waals surface area contributed by atoms with Crippen LogP contribution in [-0.4, -0.2) is 15.6 Å². The Bertz CT molecular complexity index is 1060. The van der Waals surface area contributed by atoms with Crippen LogP contribution in [0.4, 0.5) is 0 Å². The SMILES string of the molecule is N#Cc1ccccc1Cn1cc(C(=O)O)c(=O)c2ccc(Cl)cc21. The van der Waals surface area contributed by atoms with Gasteiger partial charge >= 0.3 is 5.97 Å². The summed E-state index contributed by atoms with van der Waals surface area (Å²) in [4.78, 5) is 23.7. The molecule has 0 fully saturated rings. The molecule has 3 aromatic rings. The summed E-state index contributed by atoms with van der Waals surface area (Å²) in [5, 5.41) is 19.2. The average Bonchev–Trinajstić information content (AvgIpc) is 2.57. The van der Waals surface area contributed by atoms with Crippen LogP contribution in [0.1, 0.15) is 21.5 Å². The van der Waals surface area contributed by atoms with Crippen LogP contribution in [0.2, 0.25) is 5.02 Å². The predicted octanol–water partition coefficient (Wildman–Crippen LogP) is 3.27. The van der Waals surface area contributed by atoms with E-state index >= 15 is 0 Å². The second kappa shape index (κ2) is 6.19. The Balaban J connectivity index is 2.28. The van der Waals surface area contributed by atoms with E-state index < -0.39 is 11.4 Å². The first-order valence-corrected chi connectivity index (χ1v) is 7.43. The molecule has 0 aliphatic heterocycles. The Labute approximate surface area is 142 Å². The lowest BCUT2D eigenvalue weighted by Gasteiger charge is -2.13. The number of halogens is 1. The number of carboxylic acid groups (broad SMARTS) is 1. The molecule has 0 aliphatic carbocycles. The predicted molar refractivity (Wildman–Crippen MR) is 90.4 cm³/mol. The highest BCUT2D eigenvalue weighted by Crippen LogP contribution is 2.20. The number of nitriles is 1. The lowest BCUT2D eigenvalue weighted by atomic mass is 10.1. The average molecular weight is 339 g/mol. The van der Waals surface area contributed by atoms with Crippen molar-refractivity contribution in [2.24, 2.45) is 0 Å². The van der Waals surface area contributed by atoms with Gasteiger partial charge in [-0.2, -0.15) is 5.26 Å². The molecule has 2 aromatic carbocycles. The number of benzene rings is 2. The summed E-state index contributed by atoms with van der Waals surface area (Å²) in [6, 6.07) is 13.8. The van der Waals surface area contributed by atoms with Crippen LogP contribution in [0.3, 0.4) is 0 Å². The van der Waals surface area contributed by atoms with E-state index in [1.54, 1.807) is 41.0 Å². The molecular weight excluding hydrogens is 328 g/mol. The minimum atomic E-state index is -1.29. The normalized spacial score (nSPS) is 10.5. The van der Waals surface area contributed by atoms with E-state index in [0.29, 0.717) is 16.1 Å². The van der Waals surface area contributed by atoms with Crippen LogP contribution in [0.25, 0.3) is 10.9 Å². The number of aromatic carboxylic acids is 1. The summed E-state index contributed by atoms with van der Waals surface area (Å²) in [5.74, 6) is -1.29. The zero-order valence-electron chi connectivity index (χ0n) is 12.4. The van der Waals surface area contributed by atoms with Crippen LogP contribution in [0.15, 0.2) is 53.5 Å². The number of rotatable bonds is 3. The van der Waals surface area contributed by atoms with E-state index in [2.05, 4.69) is 6.07 Å². The fraction of sp³-hybridized carbons (Fsp3) is 0.0556. The third-order valence-corrected chi connectivity index (χ3v) is 3.99. The molecule has 0 amide bonds. The molecule has 1 N–H and O–H groups in total. The summed E-state index contributed by atoms with van der Waals surface area (Å²) in [5.41, 5.74) is 0.855. The standard InChI is InChI=1S/C18H11ClN2O3/c19-13-5-6-14-16(7-13)21(10-15(17(14)22)18(23)24)9-12-4-2-1-3-11(12)8-20/h1-7,10H,9H2,(H,23,24). The second-order valence-corrected chi connectivity index (χ2v) is 5.67. The first-order valence-electron chi connectivity index (χ1n) is 7.05. The van der Waals surface area contributed by atoms with Gasteiger partial charge in [0.25, 0.3) is 0 Å². The molecule has 1 aromatic heterocycles. The van der Waals surface area contributed by atoms with Crippen molar-refractivity contribution in [2.45, 2.75) is 6.54 Å². The third kappa shape index (κ3) is 2.75. The van der Waals surface area contributed by atoms with Crippen molar-refractivity contribution in [1.82, 2.24) is 4.57 Å². The van der Waals surface area contributed by atoms with Gasteiger partial charge in [-0.15, -0.1) is 0 Å². The first kappa shape index (κ1) is 15.8. The highest BCUT2D eigenvalue weighted by molar-refractivity contribution is 6.31. The molecule has 5 nitrogen and oxygen atoms in total. The Morgan fingerprint density at radius 2 is 2.00 bits per heavy atom. The Hall–Kier alpha value is -3.10. The van der Waals surface area contributed by atoms with Crippen molar-refractivity contribution in [2.75, 3.05) is 0 Å². The molecular formula is C18H11ClN2O3. The molecule has 0 saturated heterocycles. The van der Waals surface area contributed by atoms with Crippen LogP contribution < -0.4 is 5.43 Å². The molecule has 0 radical (unpaired) electrons. The lowest BCUT2D eigenvalue weighted by molar-refractivity contribution is 0.0695. The topological polar surface area (TPSA) is 83.1 Å². The van der Waals surface area contributed by atoms with Gasteiger partial charge in [0.05, 0.1) is 17.1 Å². The van der Waals surface area contributed by atoms with Crippen molar-refractivity contribution < 1.29 is 9.90 Å². The van der Waals surface area contributed by atoms with Crippen molar-refractivity contribution in [3.63, 3.8) is 0 Å². The Kier molecular flexibility index (Phi) is 4.07. The summed E-state index contributed by atoms with van der Waals surface area (Å²) >= 11 is 6.02. The van der Waals surface area contributed by atoms with Gasteiger partial charge in [-0.05, 0) is 29.8 Å². The van der Waals surface area contributed by atoms with E-state index in [1.165, 1.54) is 12.3 Å². The molecule has 0 atom stereocenters. The Morgan fingerprint density at radius 3 is 2.71 bits per heavy atom. The summed E-state index contributed by atoms with van der Waals surface area (Å²) < 4.78 is 1.63. The van der Waals surface area contributed by atoms with Gasteiger partial charge in [0, 0.05) is 23.2 Å². The summed E-state index contributed by atoms with van der Waals surface area (Å²) in [6.07, 6.45) is 1.29. The molecule has 0 saturated carbocycles. The maximum absolute atomic E-state index is 12.3. The molecule has 0 spiro atoms. The first-order chi connectivity index (χ1) is 11.5. The van der Waals surface area contributed by atoms with E-state index in [0.717, 1.165) is 5.56 Å². The minimum absolute atomic E-state index is 0.251. The van der Waals surface area contributed by atoms with Crippen LogP contribution >= 0.6 is 11.6 Å². The molecule has 0 aliphatic rings. The van der Waals surface area contributed by atoms with Gasteiger partial charge in [-0.1, -0.05) is 29.8 Å². The van der Waals surface area contributed by atoms with Gasteiger partial charge in [0.2, 0.25) is 5.43 Å². The number of carboxylic acids is 1. The number of carbonyl (C=O) groups is 1. The molecule has 6 heteroatoms. The van der Waals surface area contributed by atoms with Crippen molar-refractivity contribution in [3.8, 4) is 6.07 Å². The fourth-order valence-corrected chi connectivity index (χ4v) is 2.76. The van der Waals surface area contributed by atoms with Gasteiger partial charge in [0.15, 0.2) is 0 Å². The second-order valence-electron chi connectivity index (χ2n) is 5.24. The number of nitrogens with zero attached hydrogens (tertiary/aromatic N) is 2. The number of hydrogen-bond acceptors (Lipinski definition) is 3. The Morgan fingerprint density at radius 1 is 1.25 bits per heavy atom. The van der Waals surface area contributed by atoms with Crippen LogP contribution in [0, 0.1) is 11.3 Å². The lowest BCUT2D eigenvalue weighted by Crippen LogP contribution is -2.19. The summed E-state index contributed by atoms with van der Waals surface area (Å²) in [7, 11) is 0. The maximum Gasteiger partial charge on any atom is 0.341 e. The monoisotopic (exact) mass is 338 g/mol. The smallest absolute Gasteiger partial charge is 0.341 e. The molecule has 0 bridgehead atoms. The zero-order chi connectivity index (χ0) is 17.3. The molecule has 24 heavy (non-hydrogen) atoms. The van der Waals surface area contributed by atoms with Crippen LogP contribution in [-0.2, 0) is 6.54 Å². The van der Waals surface area contributed by atoms with Gasteiger partial charge in [-0.25, -0.2) is 4.79 Å². The highest BCUT2D eigenvalue weighted by atomic mass is 35.5. The van der Waals surface area contributed by atoms with Crippen molar-refractivity contribution in [3.05, 3.63) is 80.6 Å². The van der Waals surface area contributed by atoms with Crippen molar-refractivity contribution in [1.29, 1.82) is 5.26 Å². The highest BCUT2D eigenvalue weighted by Gasteiger charge is 2.15. The molecule has 3 rings (SSSR count). The van der Waals surface area contributed by atoms with Crippen molar-refractivity contribution >= 4 is 28.5 Å². The van der Waals surface area contributed by atoms with Crippen LogP contribution in [0.5, 0.6) is 0 Å². The third-order valence-electron chi connectivity index (χ3n) is 3.75. The minimum Gasteiger partial charge on any atom is -0.477 e. The van der Waals surface area contributed by atoms with E-state index in [1.807, 2.05) is 0 Å². The number of pyridine rings is 1. The molecule has 0 unspecified atom stereocenters. The maximum atomic E-state index is 12.3. The van der Waals surface area contributed by atoms with E-state index in [4.69, 9.17) is 11.6 Å². The number of hydrogen-bond donors (Lipinski definition) is 1. The summed E-state index contributed by atoms with van der Waals surface area (Å²) in [6.45, 7) is 0.251. The molecule has 118 valence electrons. The van der Waals surface area contributed by atoms with Gasteiger partial charge < -0.3 is 9.67 Å². The van der Waals surface area contributed by atoms with E-state index in [-0.39, 0.29) is 17.5 Å². The quantitative estimate of drug-likeness (QED) is 0.794. The number of fused-ring (bicyclic) bond motifs is 1. The van der Waals surface area contributed by atoms with Gasteiger partial charge in [0.1, 0.15) is 5.56 Å². The van der Waals surface area contributed by atoms with Gasteiger partial charge in [-0.3, -0.25) is 4.79 Å². The van der Waals surface area contributed by atoms with E-state index in [9.17, 15) is 20.0 Å². The zero-order valence-corrected chi connectivity index (χ0v) is 13.1. The fourth-order valence-electron chi connectivity index (χ4n) is 2.60. The largest absolute Gasteiger partial charge is 0.477 e.